The Balaban J connectivity index is 1.88. The highest BCUT2D eigenvalue weighted by molar-refractivity contribution is 5.17. The van der Waals surface area contributed by atoms with E-state index in [4.69, 9.17) is 0 Å². The maximum absolute atomic E-state index is 10.2. The maximum atomic E-state index is 10.2. The van der Waals surface area contributed by atoms with Crippen LogP contribution >= 0.6 is 0 Å². The highest BCUT2D eigenvalue weighted by Crippen LogP contribution is 2.71. The van der Waals surface area contributed by atoms with E-state index in [2.05, 4.69) is 26.8 Å². The fourth-order valence-corrected chi connectivity index (χ4v) is 3.80. The van der Waals surface area contributed by atoms with E-state index in [-0.39, 0.29) is 5.60 Å². The molecular formula is C15H26O. The summed E-state index contributed by atoms with van der Waals surface area (Å²) in [4.78, 5) is 0. The smallest absolute Gasteiger partial charge is 0.0653 e. The minimum Gasteiger partial charge on any atom is -0.390 e. The molecule has 92 valence electrons. The first-order valence-electron chi connectivity index (χ1n) is 6.74. The van der Waals surface area contributed by atoms with Gasteiger partial charge in [0.15, 0.2) is 0 Å². The number of aliphatic hydroxyl groups is 1. The fraction of sp³-hybridized carbons (Fsp3) is 0.867. The number of allylic oxidation sites excluding steroid dienone is 2. The molecule has 2 rings (SSSR count). The second-order valence-corrected chi connectivity index (χ2v) is 6.61. The van der Waals surface area contributed by atoms with Crippen LogP contribution in [0.2, 0.25) is 0 Å². The molecule has 2 fully saturated rings. The quantitative estimate of drug-likeness (QED) is 0.715. The third kappa shape index (κ3) is 1.95. The summed E-state index contributed by atoms with van der Waals surface area (Å²) in [6, 6.07) is 0. The van der Waals surface area contributed by atoms with Crippen molar-refractivity contribution in [2.75, 3.05) is 0 Å². The van der Waals surface area contributed by atoms with Gasteiger partial charge in [0, 0.05) is 0 Å². The van der Waals surface area contributed by atoms with Gasteiger partial charge in [-0.1, -0.05) is 18.6 Å². The van der Waals surface area contributed by atoms with E-state index in [1.54, 1.807) is 0 Å². The van der Waals surface area contributed by atoms with Crippen LogP contribution in [-0.4, -0.2) is 10.7 Å². The number of fused-ring (bicyclic) bond motifs is 1. The average Bonchev–Trinajstić information content (AvgIpc) is 2.85. The lowest BCUT2D eigenvalue weighted by Crippen LogP contribution is -2.23. The molecule has 2 aliphatic carbocycles. The Labute approximate surface area is 99.9 Å². The van der Waals surface area contributed by atoms with Gasteiger partial charge >= 0.3 is 0 Å². The molecule has 0 aliphatic heterocycles. The Hall–Kier alpha value is -0.300. The molecule has 0 bridgehead atoms. The number of hydrogen-bond donors (Lipinski definition) is 1. The van der Waals surface area contributed by atoms with E-state index in [1.807, 2.05) is 6.92 Å². The highest BCUT2D eigenvalue weighted by Gasteiger charge is 2.67. The van der Waals surface area contributed by atoms with Gasteiger partial charge in [-0.05, 0) is 70.1 Å². The second kappa shape index (κ2) is 3.87. The predicted molar refractivity (Wildman–Crippen MR) is 68.2 cm³/mol. The van der Waals surface area contributed by atoms with Crippen molar-refractivity contribution in [3.05, 3.63) is 11.6 Å². The molecule has 1 heteroatoms. The Morgan fingerprint density at radius 1 is 1.44 bits per heavy atom. The summed E-state index contributed by atoms with van der Waals surface area (Å²) in [5, 5.41) is 10.2. The molecule has 1 nitrogen and oxygen atoms in total. The van der Waals surface area contributed by atoms with Gasteiger partial charge in [-0.2, -0.15) is 0 Å². The van der Waals surface area contributed by atoms with Crippen molar-refractivity contribution in [1.29, 1.82) is 0 Å². The molecular weight excluding hydrogens is 196 g/mol. The van der Waals surface area contributed by atoms with Crippen LogP contribution in [0.3, 0.4) is 0 Å². The first-order chi connectivity index (χ1) is 7.38. The Morgan fingerprint density at radius 3 is 2.56 bits per heavy atom. The van der Waals surface area contributed by atoms with Gasteiger partial charge < -0.3 is 5.11 Å². The summed E-state index contributed by atoms with van der Waals surface area (Å²) in [7, 11) is 0. The lowest BCUT2D eigenvalue weighted by molar-refractivity contribution is 0.0423. The van der Waals surface area contributed by atoms with Crippen LogP contribution < -0.4 is 0 Å². The van der Waals surface area contributed by atoms with Crippen LogP contribution in [0.1, 0.15) is 59.8 Å². The standard InChI is InChI=1S/C15H26O/c1-11(2)6-5-7-12(3)15-9-8-14(4,16)13(15)10-15/h6,12-13,16H,5,7-10H2,1-4H3/t12?,13-,14+,15+/m1/s1. The minimum atomic E-state index is -0.356. The van der Waals surface area contributed by atoms with Crippen LogP contribution in [-0.2, 0) is 0 Å². The van der Waals surface area contributed by atoms with Crippen LogP contribution in [0.15, 0.2) is 11.6 Å². The van der Waals surface area contributed by atoms with Crippen LogP contribution in [0.5, 0.6) is 0 Å². The van der Waals surface area contributed by atoms with Gasteiger partial charge in [0.25, 0.3) is 0 Å². The Kier molecular flexibility index (Phi) is 2.94. The molecule has 0 amide bonds. The van der Waals surface area contributed by atoms with Crippen molar-refractivity contribution >= 4 is 0 Å². The third-order valence-electron chi connectivity index (χ3n) is 5.10. The zero-order valence-corrected chi connectivity index (χ0v) is 11.2. The van der Waals surface area contributed by atoms with Crippen molar-refractivity contribution in [3.63, 3.8) is 0 Å². The maximum Gasteiger partial charge on any atom is 0.0653 e. The van der Waals surface area contributed by atoms with Gasteiger partial charge in [-0.25, -0.2) is 0 Å². The van der Waals surface area contributed by atoms with E-state index in [9.17, 15) is 5.11 Å². The summed E-state index contributed by atoms with van der Waals surface area (Å²) < 4.78 is 0. The number of hydrogen-bond acceptors (Lipinski definition) is 1. The van der Waals surface area contributed by atoms with Crippen LogP contribution in [0.4, 0.5) is 0 Å². The summed E-state index contributed by atoms with van der Waals surface area (Å²) in [5.74, 6) is 1.38. The van der Waals surface area contributed by atoms with Gasteiger partial charge in [-0.3, -0.25) is 0 Å². The average molecular weight is 222 g/mol. The van der Waals surface area contributed by atoms with E-state index in [0.29, 0.717) is 11.3 Å². The fourth-order valence-electron chi connectivity index (χ4n) is 3.80. The van der Waals surface area contributed by atoms with Gasteiger partial charge in [-0.15, -0.1) is 0 Å². The summed E-state index contributed by atoms with van der Waals surface area (Å²) in [6.07, 6.45) is 8.39. The molecule has 1 unspecified atom stereocenters. The van der Waals surface area contributed by atoms with Gasteiger partial charge in [0.1, 0.15) is 0 Å². The zero-order chi connectivity index (χ0) is 12.0. The molecule has 16 heavy (non-hydrogen) atoms. The summed E-state index contributed by atoms with van der Waals surface area (Å²) in [6.45, 7) is 8.77. The molecule has 4 atom stereocenters. The topological polar surface area (TPSA) is 20.2 Å². The summed E-state index contributed by atoms with van der Waals surface area (Å²) in [5.41, 5.74) is 1.58. The molecule has 0 heterocycles. The van der Waals surface area contributed by atoms with Gasteiger partial charge in [0.05, 0.1) is 5.60 Å². The molecule has 0 spiro atoms. The molecule has 0 aromatic heterocycles. The summed E-state index contributed by atoms with van der Waals surface area (Å²) >= 11 is 0. The lowest BCUT2D eigenvalue weighted by Gasteiger charge is -2.21. The van der Waals surface area contributed by atoms with Gasteiger partial charge in [0.2, 0.25) is 0 Å². The van der Waals surface area contributed by atoms with E-state index in [0.717, 1.165) is 12.3 Å². The molecule has 1 N–H and O–H groups in total. The molecule has 2 aliphatic rings. The van der Waals surface area contributed by atoms with Crippen molar-refractivity contribution < 1.29 is 5.11 Å². The Bertz CT molecular complexity index is 299. The first-order valence-corrected chi connectivity index (χ1v) is 6.74. The molecule has 2 saturated carbocycles. The van der Waals surface area contributed by atoms with Crippen molar-refractivity contribution in [2.24, 2.45) is 17.3 Å². The zero-order valence-electron chi connectivity index (χ0n) is 11.2. The van der Waals surface area contributed by atoms with E-state index >= 15 is 0 Å². The number of rotatable bonds is 4. The second-order valence-electron chi connectivity index (χ2n) is 6.61. The molecule has 0 aromatic carbocycles. The molecule has 0 saturated heterocycles. The largest absolute Gasteiger partial charge is 0.390 e. The van der Waals surface area contributed by atoms with Crippen molar-refractivity contribution in [2.45, 2.75) is 65.4 Å². The molecule has 0 aromatic rings. The molecule has 0 radical (unpaired) electrons. The van der Waals surface area contributed by atoms with Crippen LogP contribution in [0.25, 0.3) is 0 Å². The minimum absolute atomic E-state index is 0.356. The third-order valence-corrected chi connectivity index (χ3v) is 5.10. The predicted octanol–water partition coefficient (Wildman–Crippen LogP) is 3.92. The monoisotopic (exact) mass is 222 g/mol. The van der Waals surface area contributed by atoms with Crippen molar-refractivity contribution in [3.8, 4) is 0 Å². The Morgan fingerprint density at radius 2 is 2.12 bits per heavy atom. The lowest BCUT2D eigenvalue weighted by atomic mass is 9.84. The van der Waals surface area contributed by atoms with E-state index < -0.39 is 0 Å². The highest BCUT2D eigenvalue weighted by atomic mass is 16.3. The normalized spacial score (nSPS) is 42.7. The first kappa shape index (κ1) is 12.2. The SMILES string of the molecule is CC(C)=CCCC(C)[C@@]12CC[C@](C)(O)[C@H]1C2. The van der Waals surface area contributed by atoms with E-state index in [1.165, 1.54) is 31.3 Å². The van der Waals surface area contributed by atoms with Crippen LogP contribution in [0, 0.1) is 17.3 Å². The van der Waals surface area contributed by atoms with Crippen molar-refractivity contribution in [1.82, 2.24) is 0 Å².